The van der Waals surface area contributed by atoms with Crippen molar-refractivity contribution in [3.05, 3.63) is 63.8 Å². The molecule has 3 aliphatic carbocycles. The van der Waals surface area contributed by atoms with Gasteiger partial charge in [0, 0.05) is 49.2 Å². The number of nitrogens with two attached hydrogens (primary N) is 1. The van der Waals surface area contributed by atoms with Crippen molar-refractivity contribution >= 4 is 11.7 Å². The van der Waals surface area contributed by atoms with Crippen molar-refractivity contribution in [2.75, 3.05) is 20.1 Å². The average Bonchev–Trinajstić information content (AvgIpc) is 3.37. The number of rotatable bonds is 5. The van der Waals surface area contributed by atoms with E-state index < -0.39 is 64.3 Å². The summed E-state index contributed by atoms with van der Waals surface area (Å²) in [6.45, 7) is 0.770. The highest BCUT2D eigenvalue weighted by molar-refractivity contribution is 6.14. The summed E-state index contributed by atoms with van der Waals surface area (Å²) in [4.78, 5) is 28.0. The van der Waals surface area contributed by atoms with Gasteiger partial charge in [-0.3, -0.25) is 14.5 Å². The molecule has 1 aromatic heterocycles. The Hall–Kier alpha value is -3.78. The van der Waals surface area contributed by atoms with Crippen LogP contribution in [0.5, 0.6) is 5.75 Å². The number of carbonyl (C=O) groups is 2. The Kier molecular flexibility index (Phi) is 6.92. The maximum absolute atomic E-state index is 14.0. The normalized spacial score (nSPS) is 28.3. The molecule has 1 fully saturated rings. The fraction of sp³-hybridized carbons (Fsp3) is 0.467. The average molecular weight is 602 g/mol. The van der Waals surface area contributed by atoms with E-state index in [2.05, 4.69) is 5.32 Å². The van der Waals surface area contributed by atoms with E-state index in [-0.39, 0.29) is 55.7 Å². The molecule has 2 unspecified atom stereocenters. The van der Waals surface area contributed by atoms with Gasteiger partial charge in [-0.15, -0.1) is 0 Å². The van der Waals surface area contributed by atoms with Crippen LogP contribution in [0.25, 0.3) is 11.3 Å². The Morgan fingerprint density at radius 1 is 1.14 bits per heavy atom. The second-order valence-corrected chi connectivity index (χ2v) is 11.9. The van der Waals surface area contributed by atoms with Crippen LogP contribution in [0.3, 0.4) is 0 Å². The second-order valence-electron chi connectivity index (χ2n) is 11.9. The van der Waals surface area contributed by atoms with E-state index >= 15 is 0 Å². The number of nitrogens with one attached hydrogen (secondary N) is 1. The predicted molar refractivity (Wildman–Crippen MR) is 147 cm³/mol. The van der Waals surface area contributed by atoms with E-state index in [1.807, 2.05) is 4.90 Å². The van der Waals surface area contributed by atoms with Crippen LogP contribution in [-0.2, 0) is 17.8 Å². The number of phenols is 1. The van der Waals surface area contributed by atoms with Crippen molar-refractivity contribution in [3.63, 3.8) is 0 Å². The predicted octanol–water partition coefficient (Wildman–Crippen LogP) is 2.27. The van der Waals surface area contributed by atoms with Crippen LogP contribution in [0.4, 0.5) is 8.78 Å². The summed E-state index contributed by atoms with van der Waals surface area (Å²) < 4.78 is 33.3. The van der Waals surface area contributed by atoms with Crippen LogP contribution < -0.4 is 11.1 Å². The summed E-state index contributed by atoms with van der Waals surface area (Å²) in [7, 11) is 1.49. The topological polar surface area (TPSA) is 190 Å². The number of nitrogens with zero attached hydrogens (tertiary/aromatic N) is 1. The lowest BCUT2D eigenvalue weighted by Crippen LogP contribution is -2.60. The van der Waals surface area contributed by atoms with E-state index in [0.717, 1.165) is 5.56 Å². The minimum Gasteiger partial charge on any atom is -0.511 e. The number of fused-ring (bicyclic) bond motifs is 3. The Labute approximate surface area is 244 Å². The largest absolute Gasteiger partial charge is 0.511 e. The van der Waals surface area contributed by atoms with E-state index in [4.69, 9.17) is 10.2 Å². The van der Waals surface area contributed by atoms with Crippen molar-refractivity contribution in [2.45, 2.75) is 50.0 Å². The third-order valence-electron chi connectivity index (χ3n) is 9.49. The van der Waals surface area contributed by atoms with Gasteiger partial charge < -0.3 is 41.0 Å². The van der Waals surface area contributed by atoms with E-state index in [1.165, 1.54) is 19.4 Å². The molecule has 11 nitrogen and oxygen atoms in total. The molecule has 0 radical (unpaired) electrons. The van der Waals surface area contributed by atoms with Gasteiger partial charge in [-0.2, -0.15) is 0 Å². The lowest BCUT2D eigenvalue weighted by molar-refractivity contribution is -0.197. The number of ketones is 1. The summed E-state index contributed by atoms with van der Waals surface area (Å²) in [5, 5.41) is 58.0. The second kappa shape index (κ2) is 10.2. The van der Waals surface area contributed by atoms with Gasteiger partial charge in [-0.05, 0) is 55.5 Å². The minimum absolute atomic E-state index is 0.0790. The van der Waals surface area contributed by atoms with Crippen LogP contribution in [-0.4, -0.2) is 80.0 Å². The molecule has 4 atom stereocenters. The standard InChI is InChI=1S/C30H33F2N3O8/c1-34-23-17-11-14-10-16-15(27-13(4-9-43-27)12-35-7-5-29(31,32)6-8-35)2-3-18(36)20(16)24(37)19(14)25(38)21(17)30(41,42)22(26(23)39)28(33)40/h2-4,9,14,17,21,23,34,36,38-39,41-42H,5-8,10-12H2,1H3,(H2,33,40)/t14-,17?,21?,23-/m0/s1. The van der Waals surface area contributed by atoms with E-state index in [1.54, 1.807) is 12.1 Å². The Morgan fingerprint density at radius 2 is 1.84 bits per heavy atom. The molecule has 8 N–H and O–H groups in total. The first kappa shape index (κ1) is 29.3. The van der Waals surface area contributed by atoms with Crippen LogP contribution >= 0.6 is 0 Å². The molecule has 0 saturated carbocycles. The van der Waals surface area contributed by atoms with Gasteiger partial charge in [0.1, 0.15) is 28.6 Å². The van der Waals surface area contributed by atoms with Gasteiger partial charge in [-0.1, -0.05) is 0 Å². The fourth-order valence-electron chi connectivity index (χ4n) is 7.50. The van der Waals surface area contributed by atoms with Crippen molar-refractivity contribution in [1.29, 1.82) is 0 Å². The molecule has 1 aliphatic heterocycles. The molecule has 13 heteroatoms. The molecule has 4 aliphatic rings. The third kappa shape index (κ3) is 4.53. The van der Waals surface area contributed by atoms with Gasteiger partial charge in [0.05, 0.1) is 23.8 Å². The number of primary amides is 1. The van der Waals surface area contributed by atoms with Crippen molar-refractivity contribution < 1.29 is 48.3 Å². The summed E-state index contributed by atoms with van der Waals surface area (Å²) >= 11 is 0. The molecule has 6 rings (SSSR count). The number of Topliss-reactive ketones (excluding diaryl/α,β-unsaturated/α-hetero) is 1. The minimum atomic E-state index is -3.07. The Bertz CT molecular complexity index is 1570. The van der Waals surface area contributed by atoms with Gasteiger partial charge in [0.15, 0.2) is 5.78 Å². The van der Waals surface area contributed by atoms with E-state index in [0.29, 0.717) is 23.4 Å². The lowest BCUT2D eigenvalue weighted by Gasteiger charge is -2.49. The number of benzene rings is 1. The number of alkyl halides is 2. The van der Waals surface area contributed by atoms with Gasteiger partial charge >= 0.3 is 0 Å². The van der Waals surface area contributed by atoms with Crippen LogP contribution in [0.15, 0.2) is 51.5 Å². The van der Waals surface area contributed by atoms with Gasteiger partial charge in [0.2, 0.25) is 5.79 Å². The summed E-state index contributed by atoms with van der Waals surface area (Å²) in [6.07, 6.45) is 1.24. The number of aliphatic hydroxyl groups is 4. The Morgan fingerprint density at radius 3 is 2.49 bits per heavy atom. The molecule has 2 aromatic rings. The summed E-state index contributed by atoms with van der Waals surface area (Å²) in [5.74, 6) is -12.1. The number of hydrogen-bond acceptors (Lipinski definition) is 10. The molecule has 1 saturated heterocycles. The lowest BCUT2D eigenvalue weighted by atomic mass is 9.59. The first-order chi connectivity index (χ1) is 20.3. The maximum Gasteiger partial charge on any atom is 0.253 e. The zero-order chi connectivity index (χ0) is 31.0. The number of aromatic hydroxyl groups is 1. The number of phenolic OH excluding ortho intramolecular Hbond substituents is 1. The van der Waals surface area contributed by atoms with Crippen molar-refractivity contribution in [1.82, 2.24) is 10.2 Å². The van der Waals surface area contributed by atoms with Crippen LogP contribution in [0.2, 0.25) is 0 Å². The number of likely N-dealkylation sites (tertiary alicyclic amines) is 1. The highest BCUT2D eigenvalue weighted by Crippen LogP contribution is 2.54. The molecular weight excluding hydrogens is 568 g/mol. The fourth-order valence-corrected chi connectivity index (χ4v) is 7.50. The number of halogens is 2. The zero-order valence-corrected chi connectivity index (χ0v) is 23.3. The number of piperidine rings is 1. The molecule has 1 aromatic carbocycles. The molecular formula is C30H33F2N3O8. The number of likely N-dealkylation sites (N-methyl/N-ethyl adjacent to an activating group) is 1. The molecule has 1 amide bonds. The van der Waals surface area contributed by atoms with E-state index in [9.17, 15) is 43.9 Å². The molecule has 2 heterocycles. The monoisotopic (exact) mass is 601 g/mol. The number of amides is 1. The van der Waals surface area contributed by atoms with Gasteiger partial charge in [-0.25, -0.2) is 8.78 Å². The highest BCUT2D eigenvalue weighted by atomic mass is 19.3. The zero-order valence-electron chi connectivity index (χ0n) is 23.3. The first-order valence-corrected chi connectivity index (χ1v) is 14.1. The molecule has 43 heavy (non-hydrogen) atoms. The maximum atomic E-state index is 14.0. The van der Waals surface area contributed by atoms with Crippen LogP contribution in [0.1, 0.15) is 40.7 Å². The van der Waals surface area contributed by atoms with Crippen LogP contribution in [0, 0.1) is 17.8 Å². The third-order valence-corrected chi connectivity index (χ3v) is 9.49. The quantitative estimate of drug-likeness (QED) is 0.250. The number of allylic oxidation sites excluding steroid dienone is 1. The molecule has 230 valence electrons. The molecule has 0 bridgehead atoms. The number of aliphatic hydroxyl groups excluding tert-OH is 2. The van der Waals surface area contributed by atoms with Crippen molar-refractivity contribution in [2.24, 2.45) is 23.5 Å². The molecule has 0 spiro atoms. The summed E-state index contributed by atoms with van der Waals surface area (Å²) in [6, 6.07) is 3.69. The Balaban J connectivity index is 1.41. The number of furan rings is 1. The highest BCUT2D eigenvalue weighted by Gasteiger charge is 2.60. The van der Waals surface area contributed by atoms with Crippen molar-refractivity contribution in [3.8, 4) is 17.1 Å². The SMILES string of the molecule is CN[C@@H]1C(O)=C(C(N)=O)C(O)(O)C2C(O)=C3C(=O)c4c(O)ccc(-c5occc5CN5CCC(F)(F)CC5)c4C[C@H]3CC21. The first-order valence-electron chi connectivity index (χ1n) is 14.1. The number of hydrogen-bond donors (Lipinski definition) is 7. The summed E-state index contributed by atoms with van der Waals surface area (Å²) in [5.41, 5.74) is 5.98. The number of carbonyl (C=O) groups excluding carboxylic acids is 2. The van der Waals surface area contributed by atoms with Gasteiger partial charge in [0.25, 0.3) is 11.8 Å². The smallest absolute Gasteiger partial charge is 0.253 e.